The van der Waals surface area contributed by atoms with Crippen molar-refractivity contribution in [2.24, 2.45) is 0 Å². The first-order valence-electron chi connectivity index (χ1n) is 7.97. The van der Waals surface area contributed by atoms with Gasteiger partial charge in [0.1, 0.15) is 11.5 Å². The van der Waals surface area contributed by atoms with E-state index in [1.807, 2.05) is 0 Å². The molecule has 3 heteroatoms. The van der Waals surface area contributed by atoms with Crippen molar-refractivity contribution in [1.29, 1.82) is 0 Å². The van der Waals surface area contributed by atoms with Crippen molar-refractivity contribution in [3.8, 4) is 0 Å². The van der Waals surface area contributed by atoms with Gasteiger partial charge in [-0.25, -0.2) is 0 Å². The molecule has 0 aromatic carbocycles. The Bertz CT molecular complexity index is 207. The van der Waals surface area contributed by atoms with Gasteiger partial charge in [-0.2, -0.15) is 0 Å². The van der Waals surface area contributed by atoms with Crippen LogP contribution in [0.2, 0.25) is 0 Å². The molecule has 19 heavy (non-hydrogen) atoms. The quantitative estimate of drug-likeness (QED) is 0.374. The molecule has 0 aromatic heterocycles. The fraction of sp³-hybridized carbons (Fsp3) is 0.938. The van der Waals surface area contributed by atoms with Crippen LogP contribution >= 0.6 is 0 Å². The van der Waals surface area contributed by atoms with E-state index in [2.05, 4.69) is 13.2 Å². The molecule has 0 heterocycles. The van der Waals surface area contributed by atoms with Gasteiger partial charge >= 0.3 is 5.97 Å². The van der Waals surface area contributed by atoms with E-state index in [1.165, 1.54) is 70.0 Å². The van der Waals surface area contributed by atoms with Gasteiger partial charge in [-0.15, -0.1) is 0 Å². The summed E-state index contributed by atoms with van der Waals surface area (Å²) in [5.41, 5.74) is 0. The predicted molar refractivity (Wildman–Crippen MR) is 87.1 cm³/mol. The number of hydrogen-bond donors (Lipinski definition) is 1. The van der Waals surface area contributed by atoms with Gasteiger partial charge in [-0.3, -0.25) is 4.79 Å². The summed E-state index contributed by atoms with van der Waals surface area (Å²) in [5.74, 6) is 1.44. The Morgan fingerprint density at radius 2 is 1.32 bits per heavy atom. The molecule has 0 rings (SSSR count). The standard InChI is InChI=1S/C16H32O2S/c1-3-4-5-6-7-8-9-10-11-12-14-19(2)15-13-16(17)18/h3-15H2,1-2H3/p+1. The monoisotopic (exact) mass is 289 g/mol. The summed E-state index contributed by atoms with van der Waals surface area (Å²) >= 11 is 0. The second-order valence-corrected chi connectivity index (χ2v) is 7.89. The predicted octanol–water partition coefficient (Wildman–Crippen LogP) is 4.63. The van der Waals surface area contributed by atoms with Crippen LogP contribution in [-0.4, -0.2) is 28.8 Å². The lowest BCUT2D eigenvalue weighted by Gasteiger charge is -2.03. The molecule has 2 nitrogen and oxygen atoms in total. The molecule has 0 saturated carbocycles. The van der Waals surface area contributed by atoms with Gasteiger partial charge in [-0.05, 0) is 23.7 Å². The number of carboxylic acid groups (broad SMARTS) is 1. The first-order chi connectivity index (χ1) is 9.16. The maximum atomic E-state index is 10.5. The van der Waals surface area contributed by atoms with Crippen LogP contribution in [0.3, 0.4) is 0 Å². The van der Waals surface area contributed by atoms with Crippen molar-refractivity contribution in [3.05, 3.63) is 0 Å². The fourth-order valence-corrected chi connectivity index (χ4v) is 3.62. The molecule has 0 aromatic rings. The minimum atomic E-state index is -0.651. The first-order valence-corrected chi connectivity index (χ1v) is 9.95. The summed E-state index contributed by atoms with van der Waals surface area (Å²) in [6.45, 7) is 2.26. The Kier molecular flexibility index (Phi) is 14.1. The average Bonchev–Trinajstić information content (AvgIpc) is 2.38. The van der Waals surface area contributed by atoms with Crippen molar-refractivity contribution in [1.82, 2.24) is 0 Å². The van der Waals surface area contributed by atoms with Crippen LogP contribution in [-0.2, 0) is 15.7 Å². The first kappa shape index (κ1) is 18.8. The minimum absolute atomic E-state index is 0.316. The lowest BCUT2D eigenvalue weighted by molar-refractivity contribution is -0.136. The lowest BCUT2D eigenvalue weighted by atomic mass is 10.1. The Morgan fingerprint density at radius 1 is 0.842 bits per heavy atom. The molecule has 114 valence electrons. The van der Waals surface area contributed by atoms with Gasteiger partial charge in [0.15, 0.2) is 0 Å². The molecule has 0 aliphatic carbocycles. The van der Waals surface area contributed by atoms with Crippen molar-refractivity contribution in [3.63, 3.8) is 0 Å². The van der Waals surface area contributed by atoms with Gasteiger partial charge in [0.2, 0.25) is 0 Å². The van der Waals surface area contributed by atoms with E-state index in [-0.39, 0.29) is 0 Å². The molecule has 0 saturated heterocycles. The summed E-state index contributed by atoms with van der Waals surface area (Å²) in [5, 5.41) is 8.61. The maximum Gasteiger partial charge on any atom is 0.308 e. The van der Waals surface area contributed by atoms with E-state index >= 15 is 0 Å². The van der Waals surface area contributed by atoms with Crippen LogP contribution in [0.1, 0.15) is 77.6 Å². The van der Waals surface area contributed by atoms with E-state index < -0.39 is 5.97 Å². The highest BCUT2D eigenvalue weighted by Crippen LogP contribution is 2.11. The molecule has 0 fully saturated rings. The fourth-order valence-electron chi connectivity index (χ4n) is 2.20. The molecule has 0 amide bonds. The largest absolute Gasteiger partial charge is 0.481 e. The molecule has 1 N–H and O–H groups in total. The molecule has 1 unspecified atom stereocenters. The minimum Gasteiger partial charge on any atom is -0.481 e. The van der Waals surface area contributed by atoms with Crippen LogP contribution in [0, 0.1) is 0 Å². The molecular formula is C16H33O2S+. The van der Waals surface area contributed by atoms with E-state index in [9.17, 15) is 4.79 Å². The van der Waals surface area contributed by atoms with Crippen molar-refractivity contribution in [2.45, 2.75) is 77.6 Å². The zero-order valence-electron chi connectivity index (χ0n) is 13.0. The average molecular weight is 290 g/mol. The summed E-state index contributed by atoms with van der Waals surface area (Å²) in [7, 11) is 0.316. The van der Waals surface area contributed by atoms with Crippen LogP contribution in [0.25, 0.3) is 0 Å². The van der Waals surface area contributed by atoms with Crippen LogP contribution in [0.5, 0.6) is 0 Å². The molecule has 1 atom stereocenters. The number of rotatable bonds is 14. The third kappa shape index (κ3) is 15.8. The lowest BCUT2D eigenvalue weighted by Crippen LogP contribution is -2.13. The van der Waals surface area contributed by atoms with Crippen LogP contribution in [0.15, 0.2) is 0 Å². The smallest absolute Gasteiger partial charge is 0.308 e. The molecule has 0 bridgehead atoms. The van der Waals surface area contributed by atoms with E-state index in [0.717, 1.165) is 5.75 Å². The zero-order chi connectivity index (χ0) is 14.3. The Morgan fingerprint density at radius 3 is 1.79 bits per heavy atom. The highest BCUT2D eigenvalue weighted by atomic mass is 32.2. The Labute approximate surface area is 122 Å². The SMILES string of the molecule is CCCCCCCCCCCC[S+](C)CCC(=O)O. The van der Waals surface area contributed by atoms with Crippen LogP contribution < -0.4 is 0 Å². The Hall–Kier alpha value is -0.180. The van der Waals surface area contributed by atoms with Gasteiger partial charge in [0.25, 0.3) is 0 Å². The second-order valence-electron chi connectivity index (χ2n) is 5.52. The van der Waals surface area contributed by atoms with E-state index in [4.69, 9.17) is 5.11 Å². The van der Waals surface area contributed by atoms with Gasteiger partial charge in [-0.1, -0.05) is 58.3 Å². The summed E-state index contributed by atoms with van der Waals surface area (Å²) < 4.78 is 0. The number of hydrogen-bond acceptors (Lipinski definition) is 1. The number of carboxylic acids is 1. The van der Waals surface area contributed by atoms with E-state index in [1.54, 1.807) is 0 Å². The third-order valence-corrected chi connectivity index (χ3v) is 5.40. The van der Waals surface area contributed by atoms with E-state index in [0.29, 0.717) is 17.3 Å². The normalized spacial score (nSPS) is 12.5. The molecule has 0 spiro atoms. The maximum absolute atomic E-state index is 10.5. The van der Waals surface area contributed by atoms with Crippen LogP contribution in [0.4, 0.5) is 0 Å². The third-order valence-electron chi connectivity index (χ3n) is 3.51. The Balaban J connectivity index is 3.11. The highest BCUT2D eigenvalue weighted by molar-refractivity contribution is 7.96. The summed E-state index contributed by atoms with van der Waals surface area (Å²) in [6.07, 6.45) is 16.3. The molecule has 0 aliphatic rings. The van der Waals surface area contributed by atoms with Crippen molar-refractivity contribution >= 4 is 16.9 Å². The summed E-state index contributed by atoms with van der Waals surface area (Å²) in [6, 6.07) is 0. The topological polar surface area (TPSA) is 37.3 Å². The van der Waals surface area contributed by atoms with Gasteiger partial charge < -0.3 is 5.11 Å². The molecular weight excluding hydrogens is 256 g/mol. The summed E-state index contributed by atoms with van der Waals surface area (Å²) in [4.78, 5) is 10.5. The van der Waals surface area contributed by atoms with Gasteiger partial charge in [0, 0.05) is 0 Å². The number of aliphatic carboxylic acids is 1. The van der Waals surface area contributed by atoms with Crippen molar-refractivity contribution < 1.29 is 9.90 Å². The number of unbranched alkanes of at least 4 members (excludes halogenated alkanes) is 9. The highest BCUT2D eigenvalue weighted by Gasteiger charge is 2.12. The second kappa shape index (κ2) is 14.2. The zero-order valence-corrected chi connectivity index (χ0v) is 13.8. The molecule has 0 radical (unpaired) electrons. The van der Waals surface area contributed by atoms with Crippen molar-refractivity contribution in [2.75, 3.05) is 17.8 Å². The number of carbonyl (C=O) groups is 1. The molecule has 0 aliphatic heterocycles. The van der Waals surface area contributed by atoms with Gasteiger partial charge in [0.05, 0.1) is 12.7 Å².